The summed E-state index contributed by atoms with van der Waals surface area (Å²) in [7, 11) is -2.18. The van der Waals surface area contributed by atoms with Gasteiger partial charge in [-0.05, 0) is 55.3 Å². The second-order valence-electron chi connectivity index (χ2n) is 9.18. The first-order chi connectivity index (χ1) is 17.9. The van der Waals surface area contributed by atoms with Crippen LogP contribution in [0.3, 0.4) is 0 Å². The van der Waals surface area contributed by atoms with Gasteiger partial charge >= 0.3 is 0 Å². The van der Waals surface area contributed by atoms with Crippen molar-refractivity contribution in [2.24, 2.45) is 11.8 Å². The summed E-state index contributed by atoms with van der Waals surface area (Å²) < 4.78 is 41.6. The van der Waals surface area contributed by atoms with Gasteiger partial charge in [-0.15, -0.1) is 0 Å². The van der Waals surface area contributed by atoms with Gasteiger partial charge in [-0.25, -0.2) is 17.1 Å². The highest BCUT2D eigenvalue weighted by Gasteiger charge is 2.45. The maximum Gasteiger partial charge on any atom is 0.255 e. The zero-order valence-electron chi connectivity index (χ0n) is 20.6. The van der Waals surface area contributed by atoms with Crippen LogP contribution in [0.25, 0.3) is 5.69 Å². The third-order valence-electron chi connectivity index (χ3n) is 6.67. The van der Waals surface area contributed by atoms with E-state index in [-0.39, 0.29) is 29.8 Å². The lowest BCUT2D eigenvalue weighted by Gasteiger charge is -2.21. The quantitative estimate of drug-likeness (QED) is 0.459. The lowest BCUT2D eigenvalue weighted by Crippen LogP contribution is -2.35. The zero-order valence-corrected chi connectivity index (χ0v) is 22.2. The van der Waals surface area contributed by atoms with Gasteiger partial charge in [0.2, 0.25) is 21.8 Å². The Balaban J connectivity index is 1.57. The number of hydrogen-bond acceptors (Lipinski definition) is 5. The third-order valence-corrected chi connectivity index (χ3v) is 8.27. The Hall–Kier alpha value is -3.54. The zero-order chi connectivity index (χ0) is 27.6. The number of amides is 2. The van der Waals surface area contributed by atoms with Gasteiger partial charge in [0.25, 0.3) is 5.56 Å². The predicted molar refractivity (Wildman–Crippen MR) is 143 cm³/mol. The minimum Gasteiger partial charge on any atom is -0.326 e. The smallest absolute Gasteiger partial charge is 0.255 e. The van der Waals surface area contributed by atoms with Gasteiger partial charge in [0.1, 0.15) is 5.82 Å². The molecule has 9 nitrogen and oxygen atoms in total. The van der Waals surface area contributed by atoms with Crippen LogP contribution >= 0.6 is 11.6 Å². The summed E-state index contributed by atoms with van der Waals surface area (Å²) in [6.07, 6.45) is 2.74. The molecule has 1 aliphatic rings. The van der Waals surface area contributed by atoms with Gasteiger partial charge in [0.15, 0.2) is 0 Å². The highest BCUT2D eigenvalue weighted by atomic mass is 35.5. The van der Waals surface area contributed by atoms with E-state index in [0.717, 1.165) is 16.6 Å². The van der Waals surface area contributed by atoms with Crippen molar-refractivity contribution in [1.29, 1.82) is 0 Å². The van der Waals surface area contributed by atoms with Gasteiger partial charge < -0.3 is 10.6 Å². The molecule has 1 saturated carbocycles. The molecule has 12 heteroatoms. The highest BCUT2D eigenvalue weighted by molar-refractivity contribution is 7.88. The summed E-state index contributed by atoms with van der Waals surface area (Å²) in [4.78, 5) is 38.5. The minimum absolute atomic E-state index is 0.0766. The molecule has 0 bridgehead atoms. The molecule has 2 amide bonds. The molecule has 2 aromatic carbocycles. The Bertz CT molecular complexity index is 1530. The van der Waals surface area contributed by atoms with E-state index in [1.807, 2.05) is 0 Å². The van der Waals surface area contributed by atoms with E-state index in [1.165, 1.54) is 36.0 Å². The maximum atomic E-state index is 14.9. The predicted octanol–water partition coefficient (Wildman–Crippen LogP) is 3.49. The largest absolute Gasteiger partial charge is 0.326 e. The summed E-state index contributed by atoms with van der Waals surface area (Å²) in [6.45, 7) is 0. The number of aromatic nitrogens is 1. The minimum atomic E-state index is -3.58. The van der Waals surface area contributed by atoms with Crippen molar-refractivity contribution in [3.05, 3.63) is 88.1 Å². The van der Waals surface area contributed by atoms with Crippen LogP contribution in [0.15, 0.2) is 71.7 Å². The van der Waals surface area contributed by atoms with Crippen molar-refractivity contribution < 1.29 is 22.4 Å². The number of rotatable bonds is 7. The van der Waals surface area contributed by atoms with Crippen LogP contribution in [0.5, 0.6) is 0 Å². The Morgan fingerprint density at radius 1 is 1.00 bits per heavy atom. The first-order valence-corrected chi connectivity index (χ1v) is 13.9. The molecule has 0 radical (unpaired) electrons. The topological polar surface area (TPSA) is 118 Å². The second kappa shape index (κ2) is 11.1. The summed E-state index contributed by atoms with van der Waals surface area (Å²) >= 11 is 5.90. The van der Waals surface area contributed by atoms with Crippen LogP contribution in [-0.2, 0) is 19.6 Å². The van der Waals surface area contributed by atoms with E-state index >= 15 is 0 Å². The molecule has 0 saturated heterocycles. The molecule has 1 unspecified atom stereocenters. The average Bonchev–Trinajstić information content (AvgIpc) is 3.32. The Morgan fingerprint density at radius 3 is 2.21 bits per heavy atom. The van der Waals surface area contributed by atoms with Gasteiger partial charge in [0, 0.05) is 42.1 Å². The van der Waals surface area contributed by atoms with E-state index in [2.05, 4.69) is 10.6 Å². The van der Waals surface area contributed by atoms with Crippen molar-refractivity contribution in [3.63, 3.8) is 0 Å². The Morgan fingerprint density at radius 2 is 1.63 bits per heavy atom. The molecule has 200 valence electrons. The lowest BCUT2D eigenvalue weighted by molar-refractivity contribution is -0.128. The van der Waals surface area contributed by atoms with Crippen LogP contribution < -0.4 is 16.2 Å². The van der Waals surface area contributed by atoms with Crippen LogP contribution in [-0.4, -0.2) is 48.4 Å². The summed E-state index contributed by atoms with van der Waals surface area (Å²) in [5.74, 6) is -3.64. The molecular formula is C26H26ClFN4O5S. The number of anilines is 2. The first kappa shape index (κ1) is 27.5. The Kier molecular flexibility index (Phi) is 8.00. The number of pyridine rings is 1. The first-order valence-electron chi connectivity index (χ1n) is 11.7. The fourth-order valence-electron chi connectivity index (χ4n) is 4.55. The summed E-state index contributed by atoms with van der Waals surface area (Å²) in [5, 5.41) is 5.77. The molecule has 1 aliphatic carbocycles. The molecule has 38 heavy (non-hydrogen) atoms. The molecule has 1 fully saturated rings. The number of benzene rings is 2. The number of nitrogens with one attached hydrogen (secondary N) is 2. The number of nitrogens with zero attached hydrogens (tertiary/aromatic N) is 2. The molecule has 4 rings (SSSR count). The second-order valence-corrected chi connectivity index (χ2v) is 11.7. The molecule has 0 aliphatic heterocycles. The molecule has 2 N–H and O–H groups in total. The van der Waals surface area contributed by atoms with Crippen molar-refractivity contribution in [2.45, 2.75) is 18.9 Å². The SMILES string of the molecule is CN(C1C[C@H](C(=O)Nc2ccc(Cl)cc2)[C@@H](C(=O)Nc2ccc(-n3ccccc3=O)cc2F)C1)S(C)(=O)=O. The van der Waals surface area contributed by atoms with E-state index in [4.69, 9.17) is 11.6 Å². The van der Waals surface area contributed by atoms with E-state index in [0.29, 0.717) is 10.7 Å². The molecule has 3 atom stereocenters. The molecule has 0 spiro atoms. The molecule has 3 aromatic rings. The van der Waals surface area contributed by atoms with Crippen LogP contribution in [0.1, 0.15) is 12.8 Å². The van der Waals surface area contributed by atoms with E-state index in [1.54, 1.807) is 36.4 Å². The normalized spacial score (nSPS) is 19.3. The number of sulfonamides is 1. The number of halogens is 2. The van der Waals surface area contributed by atoms with Gasteiger partial charge in [0.05, 0.1) is 29.5 Å². The van der Waals surface area contributed by atoms with E-state index < -0.39 is 45.5 Å². The number of hydrogen-bond donors (Lipinski definition) is 2. The van der Waals surface area contributed by atoms with Gasteiger partial charge in [-0.3, -0.25) is 19.0 Å². The monoisotopic (exact) mass is 560 g/mol. The third kappa shape index (κ3) is 6.12. The number of carbonyl (C=O) groups is 2. The van der Waals surface area contributed by atoms with Crippen molar-refractivity contribution in [1.82, 2.24) is 8.87 Å². The highest BCUT2D eigenvalue weighted by Crippen LogP contribution is 2.37. The van der Waals surface area contributed by atoms with Crippen LogP contribution in [0.2, 0.25) is 5.02 Å². The summed E-state index contributed by atoms with van der Waals surface area (Å²) in [6, 6.07) is 14.3. The lowest BCUT2D eigenvalue weighted by atomic mass is 9.94. The van der Waals surface area contributed by atoms with Crippen molar-refractivity contribution in [3.8, 4) is 5.69 Å². The van der Waals surface area contributed by atoms with Crippen molar-refractivity contribution in [2.75, 3.05) is 23.9 Å². The molecule has 1 heterocycles. The number of carbonyl (C=O) groups excluding carboxylic acids is 2. The van der Waals surface area contributed by atoms with Crippen molar-refractivity contribution >= 4 is 44.8 Å². The average molecular weight is 561 g/mol. The fourth-order valence-corrected chi connectivity index (χ4v) is 5.39. The standard InChI is InChI=1S/C26H26ClFN4O5S/c1-31(38(2,36)37)19-13-20(25(34)29-17-8-6-16(27)7-9-17)21(14-19)26(35)30-23-11-10-18(15-22(23)28)32-12-4-3-5-24(32)33/h3-12,15,19-21H,13-14H2,1-2H3,(H,29,34)(H,30,35)/t19?,20-,21-/m0/s1. The van der Waals surface area contributed by atoms with E-state index in [9.17, 15) is 27.2 Å². The summed E-state index contributed by atoms with van der Waals surface area (Å²) in [5.41, 5.74) is 0.281. The Labute approximate surface area is 224 Å². The van der Waals surface area contributed by atoms with Gasteiger partial charge in [-0.2, -0.15) is 0 Å². The molecular weight excluding hydrogens is 535 g/mol. The molecule has 1 aromatic heterocycles. The van der Waals surface area contributed by atoms with Crippen LogP contribution in [0.4, 0.5) is 15.8 Å². The van der Waals surface area contributed by atoms with Crippen LogP contribution in [0, 0.1) is 17.7 Å². The maximum absolute atomic E-state index is 14.9. The van der Waals surface area contributed by atoms with Gasteiger partial charge in [-0.1, -0.05) is 17.7 Å². The fraction of sp³-hybridized carbons (Fsp3) is 0.269.